The van der Waals surface area contributed by atoms with E-state index in [0.717, 1.165) is 30.8 Å². The molecule has 1 N–H and O–H groups in total. The molecule has 2 aromatic heterocycles. The van der Waals surface area contributed by atoms with Crippen molar-refractivity contribution in [3.05, 3.63) is 50.4 Å². The van der Waals surface area contributed by atoms with E-state index in [1.54, 1.807) is 11.3 Å². The average Bonchev–Trinajstić information content (AvgIpc) is 2.80. The Morgan fingerprint density at radius 2 is 2.26 bits per heavy atom. The fourth-order valence-electron chi connectivity index (χ4n) is 2.02. The first-order chi connectivity index (χ1) is 9.19. The standard InChI is InChI=1S/C15H19BrN2S/c1-3-7-17-15(9-13-8-12(16)10-19-13)14-6-4-5-11(2)18-14/h4-6,8,10,15,17H,3,7,9H2,1-2H3. The smallest absolute Gasteiger partial charge is 0.0580 e. The predicted octanol–water partition coefficient (Wildman–Crippen LogP) is 4.50. The van der Waals surface area contributed by atoms with Crippen molar-refractivity contribution in [2.45, 2.75) is 32.7 Å². The Kier molecular flexibility index (Phi) is 5.55. The number of aryl methyl sites for hydroxylation is 1. The highest BCUT2D eigenvalue weighted by Gasteiger charge is 2.14. The van der Waals surface area contributed by atoms with E-state index < -0.39 is 0 Å². The Balaban J connectivity index is 2.15. The minimum absolute atomic E-state index is 0.297. The summed E-state index contributed by atoms with van der Waals surface area (Å²) in [5.41, 5.74) is 2.21. The maximum absolute atomic E-state index is 4.66. The Morgan fingerprint density at radius 1 is 1.42 bits per heavy atom. The van der Waals surface area contributed by atoms with E-state index in [9.17, 15) is 0 Å². The molecule has 0 spiro atoms. The summed E-state index contributed by atoms with van der Waals surface area (Å²) in [7, 11) is 0. The summed E-state index contributed by atoms with van der Waals surface area (Å²) in [4.78, 5) is 6.04. The summed E-state index contributed by atoms with van der Waals surface area (Å²) in [6.07, 6.45) is 2.13. The maximum Gasteiger partial charge on any atom is 0.0580 e. The van der Waals surface area contributed by atoms with Gasteiger partial charge in [-0.2, -0.15) is 0 Å². The van der Waals surface area contributed by atoms with Crippen LogP contribution in [0.1, 0.15) is 35.7 Å². The summed E-state index contributed by atoms with van der Waals surface area (Å²) >= 11 is 5.31. The van der Waals surface area contributed by atoms with Crippen molar-refractivity contribution < 1.29 is 0 Å². The molecule has 0 aromatic carbocycles. The number of aromatic nitrogens is 1. The van der Waals surface area contributed by atoms with Crippen LogP contribution in [0.4, 0.5) is 0 Å². The molecule has 1 atom stereocenters. The second-order valence-corrected chi connectivity index (χ2v) is 6.56. The van der Waals surface area contributed by atoms with Crippen molar-refractivity contribution in [2.75, 3.05) is 6.54 Å². The molecule has 19 heavy (non-hydrogen) atoms. The molecule has 0 amide bonds. The Labute approximate surface area is 127 Å². The maximum atomic E-state index is 4.66. The summed E-state index contributed by atoms with van der Waals surface area (Å²) in [5.74, 6) is 0. The Bertz CT molecular complexity index is 524. The summed E-state index contributed by atoms with van der Waals surface area (Å²) in [6.45, 7) is 5.25. The molecule has 2 rings (SSSR count). The molecule has 4 heteroatoms. The third kappa shape index (κ3) is 4.41. The lowest BCUT2D eigenvalue weighted by atomic mass is 10.1. The van der Waals surface area contributed by atoms with Gasteiger partial charge in [0.1, 0.15) is 0 Å². The zero-order valence-corrected chi connectivity index (χ0v) is 13.7. The number of hydrogen-bond donors (Lipinski definition) is 1. The van der Waals surface area contributed by atoms with Crippen molar-refractivity contribution in [1.82, 2.24) is 10.3 Å². The zero-order chi connectivity index (χ0) is 13.7. The zero-order valence-electron chi connectivity index (χ0n) is 11.3. The molecule has 2 aromatic rings. The van der Waals surface area contributed by atoms with Gasteiger partial charge in [0, 0.05) is 26.8 Å². The first-order valence-electron chi connectivity index (χ1n) is 6.59. The van der Waals surface area contributed by atoms with Gasteiger partial charge < -0.3 is 5.32 Å². The number of nitrogens with one attached hydrogen (secondary N) is 1. The predicted molar refractivity (Wildman–Crippen MR) is 85.7 cm³/mol. The number of halogens is 1. The molecular weight excluding hydrogens is 320 g/mol. The van der Waals surface area contributed by atoms with E-state index in [-0.39, 0.29) is 0 Å². The lowest BCUT2D eigenvalue weighted by Crippen LogP contribution is -2.24. The normalized spacial score (nSPS) is 12.6. The SMILES string of the molecule is CCCNC(Cc1cc(Br)cs1)c1cccc(C)n1. The number of thiophene rings is 1. The van der Waals surface area contributed by atoms with E-state index in [0.29, 0.717) is 6.04 Å². The fraction of sp³-hybridized carbons (Fsp3) is 0.400. The summed E-state index contributed by atoms with van der Waals surface area (Å²) in [5, 5.41) is 5.73. The Hall–Kier alpha value is -0.710. The van der Waals surface area contributed by atoms with Crippen molar-refractivity contribution in [3.63, 3.8) is 0 Å². The molecule has 1 unspecified atom stereocenters. The first-order valence-corrected chi connectivity index (χ1v) is 8.26. The van der Waals surface area contributed by atoms with Crippen LogP contribution in [0, 0.1) is 6.92 Å². The van der Waals surface area contributed by atoms with Gasteiger partial charge in [-0.05, 0) is 54.0 Å². The highest BCUT2D eigenvalue weighted by molar-refractivity contribution is 9.10. The van der Waals surface area contributed by atoms with Gasteiger partial charge in [-0.15, -0.1) is 11.3 Å². The van der Waals surface area contributed by atoms with Crippen LogP contribution in [0.5, 0.6) is 0 Å². The molecule has 0 bridgehead atoms. The summed E-state index contributed by atoms with van der Waals surface area (Å²) in [6, 6.07) is 8.74. The quantitative estimate of drug-likeness (QED) is 0.838. The van der Waals surface area contributed by atoms with E-state index in [1.807, 2.05) is 13.0 Å². The minimum Gasteiger partial charge on any atom is -0.308 e. The highest BCUT2D eigenvalue weighted by Crippen LogP contribution is 2.25. The van der Waals surface area contributed by atoms with Gasteiger partial charge in [0.15, 0.2) is 0 Å². The van der Waals surface area contributed by atoms with Gasteiger partial charge in [0.05, 0.1) is 11.7 Å². The largest absolute Gasteiger partial charge is 0.308 e. The van der Waals surface area contributed by atoms with Crippen molar-refractivity contribution >= 4 is 27.3 Å². The van der Waals surface area contributed by atoms with Gasteiger partial charge in [-0.25, -0.2) is 0 Å². The van der Waals surface area contributed by atoms with E-state index >= 15 is 0 Å². The molecule has 0 aliphatic carbocycles. The molecule has 0 saturated heterocycles. The molecule has 0 aliphatic rings. The Morgan fingerprint density at radius 3 is 2.89 bits per heavy atom. The van der Waals surface area contributed by atoms with Gasteiger partial charge in [-0.1, -0.05) is 13.0 Å². The lowest BCUT2D eigenvalue weighted by molar-refractivity contribution is 0.520. The van der Waals surface area contributed by atoms with Crippen molar-refractivity contribution in [3.8, 4) is 0 Å². The number of rotatable bonds is 6. The molecule has 0 saturated carbocycles. The second-order valence-electron chi connectivity index (χ2n) is 4.65. The lowest BCUT2D eigenvalue weighted by Gasteiger charge is -2.17. The van der Waals surface area contributed by atoms with Crippen LogP contribution in [0.15, 0.2) is 34.1 Å². The second kappa shape index (κ2) is 7.17. The van der Waals surface area contributed by atoms with Gasteiger partial charge >= 0.3 is 0 Å². The minimum atomic E-state index is 0.297. The van der Waals surface area contributed by atoms with Crippen LogP contribution < -0.4 is 5.32 Å². The summed E-state index contributed by atoms with van der Waals surface area (Å²) < 4.78 is 1.17. The molecule has 0 fully saturated rings. The van der Waals surface area contributed by atoms with Crippen LogP contribution in [0.25, 0.3) is 0 Å². The highest BCUT2D eigenvalue weighted by atomic mass is 79.9. The molecule has 2 nitrogen and oxygen atoms in total. The van der Waals surface area contributed by atoms with Crippen molar-refractivity contribution in [2.24, 2.45) is 0 Å². The third-order valence-corrected chi connectivity index (χ3v) is 4.65. The van der Waals surface area contributed by atoms with E-state index in [2.05, 4.69) is 56.7 Å². The van der Waals surface area contributed by atoms with Gasteiger partial charge in [-0.3, -0.25) is 4.98 Å². The molecule has 0 aliphatic heterocycles. The van der Waals surface area contributed by atoms with E-state index in [4.69, 9.17) is 0 Å². The molecule has 0 radical (unpaired) electrons. The average molecular weight is 339 g/mol. The molecule has 102 valence electrons. The first kappa shape index (κ1) is 14.7. The monoisotopic (exact) mass is 338 g/mol. The number of hydrogen-bond acceptors (Lipinski definition) is 3. The number of pyridine rings is 1. The van der Waals surface area contributed by atoms with Crippen LogP contribution in [-0.2, 0) is 6.42 Å². The van der Waals surface area contributed by atoms with E-state index in [1.165, 1.54) is 9.35 Å². The van der Waals surface area contributed by atoms with Crippen LogP contribution in [0.3, 0.4) is 0 Å². The van der Waals surface area contributed by atoms with Crippen molar-refractivity contribution in [1.29, 1.82) is 0 Å². The van der Waals surface area contributed by atoms with Crippen LogP contribution in [-0.4, -0.2) is 11.5 Å². The van der Waals surface area contributed by atoms with Gasteiger partial charge in [0.2, 0.25) is 0 Å². The fourth-order valence-corrected chi connectivity index (χ4v) is 3.52. The third-order valence-electron chi connectivity index (χ3n) is 2.93. The number of nitrogens with zero attached hydrogens (tertiary/aromatic N) is 1. The molecular formula is C15H19BrN2S. The topological polar surface area (TPSA) is 24.9 Å². The van der Waals surface area contributed by atoms with Crippen LogP contribution >= 0.6 is 27.3 Å². The van der Waals surface area contributed by atoms with Crippen LogP contribution in [0.2, 0.25) is 0 Å². The molecule has 2 heterocycles. The van der Waals surface area contributed by atoms with Gasteiger partial charge in [0.25, 0.3) is 0 Å².